The monoisotopic (exact) mass is 215 g/mol. The van der Waals surface area contributed by atoms with Gasteiger partial charge in [0, 0.05) is 12.6 Å². The highest BCUT2D eigenvalue weighted by atomic mass is 16.5. The average molecular weight is 215 g/mol. The standard InChI is InChI=1S/C12H13N3O/c1-9-2-5-11(6-3-9)16-12-7-4-10(8-13)14-15-12/h2-7H,8,13H2,1H3. The summed E-state index contributed by atoms with van der Waals surface area (Å²) in [6.45, 7) is 2.41. The van der Waals surface area contributed by atoms with Crippen molar-refractivity contribution in [3.05, 3.63) is 47.7 Å². The SMILES string of the molecule is Cc1ccc(Oc2ccc(CN)nn2)cc1. The number of ether oxygens (including phenoxy) is 1. The van der Waals surface area contributed by atoms with E-state index in [1.807, 2.05) is 31.2 Å². The Labute approximate surface area is 94.1 Å². The molecule has 0 amide bonds. The Morgan fingerprint density at radius 2 is 1.81 bits per heavy atom. The first-order valence-corrected chi connectivity index (χ1v) is 5.05. The van der Waals surface area contributed by atoms with Crippen LogP contribution in [0.3, 0.4) is 0 Å². The van der Waals surface area contributed by atoms with Crippen molar-refractivity contribution < 1.29 is 4.74 Å². The van der Waals surface area contributed by atoms with Crippen molar-refractivity contribution in [3.8, 4) is 11.6 Å². The summed E-state index contributed by atoms with van der Waals surface area (Å²) in [6, 6.07) is 11.3. The third-order valence-electron chi connectivity index (χ3n) is 2.15. The number of aryl methyl sites for hydroxylation is 1. The van der Waals surface area contributed by atoms with Crippen LogP contribution in [-0.2, 0) is 6.54 Å². The average Bonchev–Trinajstić information content (AvgIpc) is 2.33. The Hall–Kier alpha value is -1.94. The van der Waals surface area contributed by atoms with Crippen molar-refractivity contribution in [2.45, 2.75) is 13.5 Å². The normalized spacial score (nSPS) is 10.1. The van der Waals surface area contributed by atoms with Gasteiger partial charge in [-0.3, -0.25) is 0 Å². The van der Waals surface area contributed by atoms with Gasteiger partial charge in [0.1, 0.15) is 5.75 Å². The highest BCUT2D eigenvalue weighted by molar-refractivity contribution is 5.29. The Kier molecular flexibility index (Phi) is 3.12. The van der Waals surface area contributed by atoms with Crippen molar-refractivity contribution in [2.24, 2.45) is 5.73 Å². The predicted octanol–water partition coefficient (Wildman–Crippen LogP) is 2.04. The van der Waals surface area contributed by atoms with Crippen molar-refractivity contribution in [2.75, 3.05) is 0 Å². The fraction of sp³-hybridized carbons (Fsp3) is 0.167. The zero-order valence-electron chi connectivity index (χ0n) is 9.05. The van der Waals surface area contributed by atoms with E-state index in [0.717, 1.165) is 11.4 Å². The van der Waals surface area contributed by atoms with Crippen LogP contribution >= 0.6 is 0 Å². The second kappa shape index (κ2) is 4.72. The summed E-state index contributed by atoms with van der Waals surface area (Å²) >= 11 is 0. The van der Waals surface area contributed by atoms with Gasteiger partial charge in [-0.05, 0) is 25.1 Å². The molecule has 0 atom stereocenters. The lowest BCUT2D eigenvalue weighted by Crippen LogP contribution is -2.01. The summed E-state index contributed by atoms with van der Waals surface area (Å²) in [4.78, 5) is 0. The van der Waals surface area contributed by atoms with Gasteiger partial charge < -0.3 is 10.5 Å². The summed E-state index contributed by atoms with van der Waals surface area (Å²) in [6.07, 6.45) is 0. The van der Waals surface area contributed by atoms with Gasteiger partial charge in [0.15, 0.2) is 0 Å². The largest absolute Gasteiger partial charge is 0.438 e. The van der Waals surface area contributed by atoms with Crippen molar-refractivity contribution in [3.63, 3.8) is 0 Å². The molecule has 0 saturated carbocycles. The lowest BCUT2D eigenvalue weighted by molar-refractivity contribution is 0.454. The minimum atomic E-state index is 0.387. The first-order chi connectivity index (χ1) is 7.78. The van der Waals surface area contributed by atoms with Gasteiger partial charge in [-0.1, -0.05) is 17.7 Å². The number of hydrogen-bond donors (Lipinski definition) is 1. The van der Waals surface area contributed by atoms with Crippen molar-refractivity contribution in [1.82, 2.24) is 10.2 Å². The molecule has 1 aromatic carbocycles. The molecular weight excluding hydrogens is 202 g/mol. The van der Waals surface area contributed by atoms with Crippen LogP contribution in [0.5, 0.6) is 11.6 Å². The third kappa shape index (κ3) is 2.55. The molecule has 0 saturated heterocycles. The number of benzene rings is 1. The van der Waals surface area contributed by atoms with Crippen LogP contribution in [-0.4, -0.2) is 10.2 Å². The second-order valence-electron chi connectivity index (χ2n) is 3.48. The van der Waals surface area contributed by atoms with Gasteiger partial charge >= 0.3 is 0 Å². The summed E-state index contributed by atoms with van der Waals surface area (Å²) < 4.78 is 5.52. The lowest BCUT2D eigenvalue weighted by atomic mass is 10.2. The molecule has 82 valence electrons. The van der Waals surface area contributed by atoms with Gasteiger partial charge in [-0.2, -0.15) is 5.10 Å². The molecule has 0 fully saturated rings. The smallest absolute Gasteiger partial charge is 0.238 e. The Morgan fingerprint density at radius 3 is 2.38 bits per heavy atom. The number of aromatic nitrogens is 2. The summed E-state index contributed by atoms with van der Waals surface area (Å²) in [5, 5.41) is 7.83. The Morgan fingerprint density at radius 1 is 1.06 bits per heavy atom. The number of rotatable bonds is 3. The Balaban J connectivity index is 2.11. The maximum atomic E-state index is 5.52. The fourth-order valence-corrected chi connectivity index (χ4v) is 1.24. The number of hydrogen-bond acceptors (Lipinski definition) is 4. The van der Waals surface area contributed by atoms with Gasteiger partial charge in [-0.25, -0.2) is 0 Å². The molecule has 4 heteroatoms. The molecule has 2 N–H and O–H groups in total. The van der Waals surface area contributed by atoms with Crippen LogP contribution in [0.4, 0.5) is 0 Å². The van der Waals surface area contributed by atoms with E-state index in [1.54, 1.807) is 12.1 Å². The van der Waals surface area contributed by atoms with Crippen LogP contribution in [0.2, 0.25) is 0 Å². The van der Waals surface area contributed by atoms with Crippen LogP contribution in [0.1, 0.15) is 11.3 Å². The van der Waals surface area contributed by atoms with Crippen LogP contribution < -0.4 is 10.5 Å². The van der Waals surface area contributed by atoms with E-state index in [9.17, 15) is 0 Å². The quantitative estimate of drug-likeness (QED) is 0.851. The molecular formula is C12H13N3O. The first-order valence-electron chi connectivity index (χ1n) is 5.05. The molecule has 0 unspecified atom stereocenters. The zero-order valence-corrected chi connectivity index (χ0v) is 9.05. The van der Waals surface area contributed by atoms with E-state index in [2.05, 4.69) is 10.2 Å². The highest BCUT2D eigenvalue weighted by Crippen LogP contribution is 2.18. The number of nitrogens with two attached hydrogens (primary N) is 1. The highest BCUT2D eigenvalue weighted by Gasteiger charge is 1.99. The first kappa shape index (κ1) is 10.6. The minimum Gasteiger partial charge on any atom is -0.438 e. The molecule has 1 heterocycles. The molecule has 4 nitrogen and oxygen atoms in total. The second-order valence-corrected chi connectivity index (χ2v) is 3.48. The molecule has 2 aromatic rings. The minimum absolute atomic E-state index is 0.387. The van der Waals surface area contributed by atoms with E-state index in [1.165, 1.54) is 5.56 Å². The number of nitrogens with zero attached hydrogens (tertiary/aromatic N) is 2. The van der Waals surface area contributed by atoms with Crippen LogP contribution in [0, 0.1) is 6.92 Å². The van der Waals surface area contributed by atoms with E-state index >= 15 is 0 Å². The Bertz CT molecular complexity index is 451. The molecule has 16 heavy (non-hydrogen) atoms. The molecule has 0 aliphatic rings. The molecule has 0 aliphatic heterocycles. The van der Waals surface area contributed by atoms with Crippen LogP contribution in [0.15, 0.2) is 36.4 Å². The van der Waals surface area contributed by atoms with E-state index in [4.69, 9.17) is 10.5 Å². The van der Waals surface area contributed by atoms with Crippen molar-refractivity contribution in [1.29, 1.82) is 0 Å². The van der Waals surface area contributed by atoms with Gasteiger partial charge in [0.25, 0.3) is 0 Å². The van der Waals surface area contributed by atoms with Crippen molar-refractivity contribution >= 4 is 0 Å². The van der Waals surface area contributed by atoms with Gasteiger partial charge in [-0.15, -0.1) is 5.10 Å². The van der Waals surface area contributed by atoms with Gasteiger partial charge in [0.2, 0.25) is 5.88 Å². The van der Waals surface area contributed by atoms with Gasteiger partial charge in [0.05, 0.1) is 5.69 Å². The molecule has 0 radical (unpaired) electrons. The predicted molar refractivity (Wildman–Crippen MR) is 61.2 cm³/mol. The molecule has 0 aliphatic carbocycles. The van der Waals surface area contributed by atoms with Crippen LogP contribution in [0.25, 0.3) is 0 Å². The van der Waals surface area contributed by atoms with E-state index in [-0.39, 0.29) is 0 Å². The molecule has 2 rings (SSSR count). The summed E-state index contributed by atoms with van der Waals surface area (Å²) in [5.41, 5.74) is 7.36. The topological polar surface area (TPSA) is 61.0 Å². The van der Waals surface area contributed by atoms with E-state index in [0.29, 0.717) is 12.4 Å². The fourth-order valence-electron chi connectivity index (χ4n) is 1.24. The molecule has 1 aromatic heterocycles. The zero-order chi connectivity index (χ0) is 11.4. The lowest BCUT2D eigenvalue weighted by Gasteiger charge is -2.04. The maximum absolute atomic E-state index is 5.52. The van der Waals surface area contributed by atoms with E-state index < -0.39 is 0 Å². The maximum Gasteiger partial charge on any atom is 0.238 e. The molecule has 0 spiro atoms. The summed E-state index contributed by atoms with van der Waals surface area (Å²) in [5.74, 6) is 1.22. The third-order valence-corrected chi connectivity index (χ3v) is 2.15. The molecule has 0 bridgehead atoms. The summed E-state index contributed by atoms with van der Waals surface area (Å²) in [7, 11) is 0.